The molecule has 0 radical (unpaired) electrons. The lowest BCUT2D eigenvalue weighted by molar-refractivity contribution is 0.309. The van der Waals surface area contributed by atoms with Crippen molar-refractivity contribution in [2.75, 3.05) is 18.0 Å². The number of benzene rings is 2. The highest BCUT2D eigenvalue weighted by atomic mass is 16.5. The second-order valence-electron chi connectivity index (χ2n) is 5.81. The van der Waals surface area contributed by atoms with E-state index in [4.69, 9.17) is 9.73 Å². The smallest absolute Gasteiger partial charge is 0.160 e. The molecule has 1 aliphatic carbocycles. The van der Waals surface area contributed by atoms with Crippen LogP contribution >= 0.6 is 0 Å². The van der Waals surface area contributed by atoms with Crippen molar-refractivity contribution in [2.24, 2.45) is 4.99 Å². The number of ether oxygens (including phenoxy) is 1. The highest BCUT2D eigenvalue weighted by molar-refractivity contribution is 6.12. The van der Waals surface area contributed by atoms with Crippen molar-refractivity contribution < 1.29 is 4.74 Å². The van der Waals surface area contributed by atoms with E-state index in [0.29, 0.717) is 0 Å². The number of nitrogens with zero attached hydrogens (tertiary/aromatic N) is 2. The van der Waals surface area contributed by atoms with Gasteiger partial charge < -0.3 is 9.64 Å². The lowest BCUT2D eigenvalue weighted by Gasteiger charge is -2.29. The van der Waals surface area contributed by atoms with E-state index in [2.05, 4.69) is 73.4 Å². The van der Waals surface area contributed by atoms with E-state index in [-0.39, 0.29) is 6.10 Å². The Labute approximate surface area is 136 Å². The fourth-order valence-corrected chi connectivity index (χ4v) is 3.27. The topological polar surface area (TPSA) is 24.8 Å². The second-order valence-corrected chi connectivity index (χ2v) is 5.81. The fourth-order valence-electron chi connectivity index (χ4n) is 3.27. The van der Waals surface area contributed by atoms with Gasteiger partial charge in [-0.2, -0.15) is 0 Å². The van der Waals surface area contributed by atoms with Crippen LogP contribution in [0.25, 0.3) is 6.08 Å². The van der Waals surface area contributed by atoms with Crippen LogP contribution in [0, 0.1) is 0 Å². The lowest BCUT2D eigenvalue weighted by Crippen LogP contribution is -2.31. The third-order valence-corrected chi connectivity index (χ3v) is 4.52. The van der Waals surface area contributed by atoms with Crippen LogP contribution in [-0.2, 0) is 0 Å². The van der Waals surface area contributed by atoms with E-state index in [0.717, 1.165) is 30.2 Å². The van der Waals surface area contributed by atoms with Crippen molar-refractivity contribution in [3.63, 3.8) is 0 Å². The summed E-state index contributed by atoms with van der Waals surface area (Å²) in [7, 11) is 0. The van der Waals surface area contributed by atoms with Crippen LogP contribution < -0.4 is 9.64 Å². The molecule has 0 N–H and O–H groups in total. The first-order chi connectivity index (χ1) is 11.3. The molecule has 2 aromatic carbocycles. The zero-order valence-corrected chi connectivity index (χ0v) is 13.5. The summed E-state index contributed by atoms with van der Waals surface area (Å²) in [6, 6.07) is 14.6. The number of rotatable bonds is 3. The summed E-state index contributed by atoms with van der Waals surface area (Å²) in [4.78, 5) is 7.20. The van der Waals surface area contributed by atoms with E-state index < -0.39 is 0 Å². The molecule has 3 heteroatoms. The maximum atomic E-state index is 6.23. The largest absolute Gasteiger partial charge is 0.478 e. The predicted octanol–water partition coefficient (Wildman–Crippen LogP) is 4.44. The van der Waals surface area contributed by atoms with Gasteiger partial charge in [0.15, 0.2) is 6.10 Å². The van der Waals surface area contributed by atoms with Crippen molar-refractivity contribution >= 4 is 23.2 Å². The minimum Gasteiger partial charge on any atom is -0.478 e. The molecule has 4 rings (SSSR count). The molecule has 1 heterocycles. The van der Waals surface area contributed by atoms with Crippen molar-refractivity contribution in [1.82, 2.24) is 0 Å². The van der Waals surface area contributed by atoms with Crippen LogP contribution in [0.15, 0.2) is 53.5 Å². The first-order valence-corrected chi connectivity index (χ1v) is 8.22. The standard InChI is InChI=1S/C20H20N2O/c1-3-22(4-2)15-10-11-17-19(13-15)23-18-12-9-14-7-5-6-8-16(14)20(18)21-17/h5-13,18H,3-4H2,1-2H3. The minimum atomic E-state index is -0.0932. The van der Waals surface area contributed by atoms with Crippen molar-refractivity contribution in [3.05, 3.63) is 59.7 Å². The summed E-state index contributed by atoms with van der Waals surface area (Å²) >= 11 is 0. The monoisotopic (exact) mass is 304 g/mol. The highest BCUT2D eigenvalue weighted by Crippen LogP contribution is 2.38. The molecule has 116 valence electrons. The van der Waals surface area contributed by atoms with Gasteiger partial charge in [0.25, 0.3) is 0 Å². The quantitative estimate of drug-likeness (QED) is 0.837. The van der Waals surface area contributed by atoms with E-state index in [1.165, 1.54) is 16.8 Å². The van der Waals surface area contributed by atoms with E-state index in [1.807, 2.05) is 0 Å². The van der Waals surface area contributed by atoms with Gasteiger partial charge in [0.05, 0.1) is 5.71 Å². The van der Waals surface area contributed by atoms with Gasteiger partial charge in [0, 0.05) is 30.4 Å². The third-order valence-electron chi connectivity index (χ3n) is 4.52. The van der Waals surface area contributed by atoms with Gasteiger partial charge in [0.1, 0.15) is 11.4 Å². The number of anilines is 1. The molecule has 23 heavy (non-hydrogen) atoms. The Bertz CT molecular complexity index is 803. The normalized spacial score (nSPS) is 17.5. The summed E-state index contributed by atoms with van der Waals surface area (Å²) in [5.74, 6) is 0.868. The van der Waals surface area contributed by atoms with Crippen LogP contribution in [0.5, 0.6) is 5.75 Å². The zero-order valence-electron chi connectivity index (χ0n) is 13.5. The molecule has 0 amide bonds. The fraction of sp³-hybridized carbons (Fsp3) is 0.250. The summed E-state index contributed by atoms with van der Waals surface area (Å²) < 4.78 is 6.23. The molecule has 1 atom stereocenters. The molecule has 3 nitrogen and oxygen atoms in total. The average molecular weight is 304 g/mol. The van der Waals surface area contributed by atoms with Crippen molar-refractivity contribution in [3.8, 4) is 5.75 Å². The van der Waals surface area contributed by atoms with Crippen molar-refractivity contribution in [2.45, 2.75) is 20.0 Å². The molecular formula is C20H20N2O. The Morgan fingerprint density at radius 3 is 2.74 bits per heavy atom. The first-order valence-electron chi connectivity index (χ1n) is 8.22. The second kappa shape index (κ2) is 5.58. The van der Waals surface area contributed by atoms with E-state index in [1.54, 1.807) is 0 Å². The van der Waals surface area contributed by atoms with Crippen LogP contribution in [-0.4, -0.2) is 24.9 Å². The predicted molar refractivity (Wildman–Crippen MR) is 96.1 cm³/mol. The van der Waals surface area contributed by atoms with Crippen molar-refractivity contribution in [1.29, 1.82) is 0 Å². The minimum absolute atomic E-state index is 0.0932. The summed E-state index contributed by atoms with van der Waals surface area (Å²) in [6.07, 6.45) is 4.12. The van der Waals surface area contributed by atoms with Gasteiger partial charge in [0.2, 0.25) is 0 Å². The van der Waals surface area contributed by atoms with Crippen LogP contribution in [0.3, 0.4) is 0 Å². The van der Waals surface area contributed by atoms with Crippen LogP contribution in [0.1, 0.15) is 25.0 Å². The molecule has 0 saturated carbocycles. The molecule has 2 aromatic rings. The Kier molecular flexibility index (Phi) is 3.41. The Hall–Kier alpha value is -2.55. The molecule has 1 aliphatic heterocycles. The third kappa shape index (κ3) is 2.33. The summed E-state index contributed by atoms with van der Waals surface area (Å²) in [6.45, 7) is 6.31. The van der Waals surface area contributed by atoms with Gasteiger partial charge in [-0.15, -0.1) is 0 Å². The molecule has 0 spiro atoms. The van der Waals surface area contributed by atoms with Crippen LogP contribution in [0.2, 0.25) is 0 Å². The van der Waals surface area contributed by atoms with Gasteiger partial charge in [-0.25, -0.2) is 4.99 Å². The molecule has 1 unspecified atom stereocenters. The van der Waals surface area contributed by atoms with Gasteiger partial charge >= 0.3 is 0 Å². The van der Waals surface area contributed by atoms with Gasteiger partial charge in [-0.05, 0) is 37.6 Å². The lowest BCUT2D eigenvalue weighted by atomic mass is 9.92. The van der Waals surface area contributed by atoms with Crippen LogP contribution in [0.4, 0.5) is 11.4 Å². The molecule has 0 fully saturated rings. The molecule has 2 aliphatic rings. The number of hydrogen-bond donors (Lipinski definition) is 0. The molecular weight excluding hydrogens is 284 g/mol. The maximum absolute atomic E-state index is 6.23. The summed E-state index contributed by atoms with van der Waals surface area (Å²) in [5.41, 5.74) is 5.48. The molecule has 0 saturated heterocycles. The Balaban J connectivity index is 1.78. The van der Waals surface area contributed by atoms with E-state index in [9.17, 15) is 0 Å². The van der Waals surface area contributed by atoms with Gasteiger partial charge in [-0.1, -0.05) is 30.3 Å². The van der Waals surface area contributed by atoms with E-state index >= 15 is 0 Å². The summed E-state index contributed by atoms with van der Waals surface area (Å²) in [5, 5.41) is 0. The van der Waals surface area contributed by atoms with Gasteiger partial charge in [-0.3, -0.25) is 0 Å². The molecule has 0 aromatic heterocycles. The molecule has 0 bridgehead atoms. The first kappa shape index (κ1) is 14.1. The zero-order chi connectivity index (χ0) is 15.8. The number of fused-ring (bicyclic) bond motifs is 4. The highest BCUT2D eigenvalue weighted by Gasteiger charge is 2.27. The maximum Gasteiger partial charge on any atom is 0.160 e. The SMILES string of the molecule is CCN(CC)c1ccc2c(c1)OC1C=Cc3ccccc3C1=N2. The number of hydrogen-bond acceptors (Lipinski definition) is 3. The average Bonchev–Trinajstić information content (AvgIpc) is 2.61. The number of aliphatic imine (C=N–C) groups is 1. The Morgan fingerprint density at radius 2 is 1.91 bits per heavy atom. The Morgan fingerprint density at radius 1 is 1.09 bits per heavy atom.